The summed E-state index contributed by atoms with van der Waals surface area (Å²) in [5.41, 5.74) is 6.18. The second-order valence-electron chi connectivity index (χ2n) is 5.22. The lowest BCUT2D eigenvalue weighted by Gasteiger charge is -2.31. The zero-order valence-electron chi connectivity index (χ0n) is 11.5. The predicted octanol–water partition coefficient (Wildman–Crippen LogP) is 2.42. The van der Waals surface area contributed by atoms with Gasteiger partial charge in [0, 0.05) is 6.04 Å². The molecule has 2 atom stereocenters. The molecule has 0 aliphatic heterocycles. The average molecular weight is 301 g/mol. The Bertz CT molecular complexity index is 442. The Morgan fingerprint density at radius 2 is 2.00 bits per heavy atom. The highest BCUT2D eigenvalue weighted by Gasteiger charge is 2.25. The van der Waals surface area contributed by atoms with Crippen molar-refractivity contribution in [3.63, 3.8) is 0 Å². The van der Waals surface area contributed by atoms with Crippen LogP contribution in [0.25, 0.3) is 0 Å². The van der Waals surface area contributed by atoms with E-state index in [-0.39, 0.29) is 36.6 Å². The number of carbonyl (C=O) groups excluding carboxylic acids is 1. The number of nitrogens with two attached hydrogens (primary N) is 1. The van der Waals surface area contributed by atoms with E-state index >= 15 is 0 Å². The first-order chi connectivity index (χ1) is 9.20. The molecular formula is C15H22ClFN2O. The average Bonchev–Trinajstić information content (AvgIpc) is 2.42. The monoisotopic (exact) mass is 300 g/mol. The molecule has 5 heteroatoms. The molecule has 1 fully saturated rings. The quantitative estimate of drug-likeness (QED) is 0.897. The van der Waals surface area contributed by atoms with Gasteiger partial charge in [-0.3, -0.25) is 4.79 Å². The van der Waals surface area contributed by atoms with Gasteiger partial charge in [-0.1, -0.05) is 31.0 Å². The van der Waals surface area contributed by atoms with Crippen LogP contribution in [-0.2, 0) is 11.2 Å². The van der Waals surface area contributed by atoms with Crippen LogP contribution in [0.3, 0.4) is 0 Å². The van der Waals surface area contributed by atoms with Crippen LogP contribution in [0.4, 0.5) is 4.39 Å². The Kier molecular flexibility index (Phi) is 6.96. The van der Waals surface area contributed by atoms with Crippen LogP contribution in [0.1, 0.15) is 31.2 Å². The molecule has 112 valence electrons. The maximum Gasteiger partial charge on any atom is 0.224 e. The van der Waals surface area contributed by atoms with E-state index < -0.39 is 0 Å². The van der Waals surface area contributed by atoms with Gasteiger partial charge in [-0.2, -0.15) is 0 Å². The third kappa shape index (κ3) is 4.46. The minimum atomic E-state index is -0.323. The number of nitrogens with one attached hydrogen (secondary N) is 1. The molecule has 1 amide bonds. The normalized spacial score (nSPS) is 21.9. The van der Waals surface area contributed by atoms with Gasteiger partial charge in [0.15, 0.2) is 0 Å². The molecule has 3 N–H and O–H groups in total. The lowest BCUT2D eigenvalue weighted by molar-refractivity contribution is -0.121. The largest absolute Gasteiger partial charge is 0.353 e. The van der Waals surface area contributed by atoms with Gasteiger partial charge in [0.1, 0.15) is 5.82 Å². The summed E-state index contributed by atoms with van der Waals surface area (Å²) in [6.45, 7) is 0.602. The number of rotatable bonds is 4. The van der Waals surface area contributed by atoms with Gasteiger partial charge in [0.25, 0.3) is 0 Å². The third-order valence-corrected chi connectivity index (χ3v) is 3.87. The Morgan fingerprint density at radius 3 is 2.70 bits per heavy atom. The molecule has 1 aromatic rings. The highest BCUT2D eigenvalue weighted by Crippen LogP contribution is 2.23. The van der Waals surface area contributed by atoms with Gasteiger partial charge in [-0.15, -0.1) is 12.4 Å². The Morgan fingerprint density at radius 1 is 1.30 bits per heavy atom. The Hall–Kier alpha value is -1.13. The Labute approximate surface area is 125 Å². The van der Waals surface area contributed by atoms with E-state index in [2.05, 4.69) is 5.32 Å². The van der Waals surface area contributed by atoms with Gasteiger partial charge in [-0.25, -0.2) is 4.39 Å². The molecule has 0 aromatic heterocycles. The number of amides is 1. The van der Waals surface area contributed by atoms with Crippen LogP contribution in [0.15, 0.2) is 24.3 Å². The number of halogens is 2. The van der Waals surface area contributed by atoms with Crippen molar-refractivity contribution in [3.8, 4) is 0 Å². The van der Waals surface area contributed by atoms with Gasteiger partial charge in [0.05, 0.1) is 6.42 Å². The minimum absolute atomic E-state index is 0. The van der Waals surface area contributed by atoms with Crippen LogP contribution in [0.5, 0.6) is 0 Å². The second-order valence-corrected chi connectivity index (χ2v) is 5.22. The summed E-state index contributed by atoms with van der Waals surface area (Å²) >= 11 is 0. The summed E-state index contributed by atoms with van der Waals surface area (Å²) in [5.74, 6) is -0.0783. The molecule has 1 saturated carbocycles. The topological polar surface area (TPSA) is 55.1 Å². The summed E-state index contributed by atoms with van der Waals surface area (Å²) in [4.78, 5) is 12.0. The molecule has 1 aliphatic rings. The minimum Gasteiger partial charge on any atom is -0.353 e. The fourth-order valence-electron chi connectivity index (χ4n) is 2.75. The lowest BCUT2D eigenvalue weighted by atomic mass is 9.84. The molecule has 0 spiro atoms. The molecule has 2 rings (SSSR count). The molecule has 1 aromatic carbocycles. The van der Waals surface area contributed by atoms with E-state index in [0.717, 1.165) is 19.3 Å². The lowest BCUT2D eigenvalue weighted by Crippen LogP contribution is -2.45. The molecule has 0 saturated heterocycles. The van der Waals surface area contributed by atoms with Crippen LogP contribution >= 0.6 is 12.4 Å². The number of benzene rings is 1. The first-order valence-electron chi connectivity index (χ1n) is 6.93. The highest BCUT2D eigenvalue weighted by molar-refractivity contribution is 5.85. The molecule has 3 nitrogen and oxygen atoms in total. The fraction of sp³-hybridized carbons (Fsp3) is 0.533. The molecular weight excluding hydrogens is 279 g/mol. The first-order valence-corrected chi connectivity index (χ1v) is 6.93. The summed E-state index contributed by atoms with van der Waals surface area (Å²) in [5, 5.41) is 3.01. The molecule has 0 heterocycles. The maximum absolute atomic E-state index is 13.5. The summed E-state index contributed by atoms with van der Waals surface area (Å²) < 4.78 is 13.5. The van der Waals surface area contributed by atoms with Crippen molar-refractivity contribution in [2.75, 3.05) is 6.54 Å². The van der Waals surface area contributed by atoms with Crippen molar-refractivity contribution in [2.45, 2.75) is 38.1 Å². The van der Waals surface area contributed by atoms with E-state index in [4.69, 9.17) is 5.73 Å². The standard InChI is InChI=1S/C15H21FN2O.ClH/c16-13-7-3-1-5-11(13)9-15(19)18-14-8-4-2-6-12(14)10-17;/h1,3,5,7,12,14H,2,4,6,8-10,17H2,(H,18,19);1H. The summed E-state index contributed by atoms with van der Waals surface area (Å²) in [7, 11) is 0. The number of hydrogen-bond donors (Lipinski definition) is 2. The summed E-state index contributed by atoms with van der Waals surface area (Å²) in [6.07, 6.45) is 4.45. The van der Waals surface area contributed by atoms with Crippen molar-refractivity contribution in [1.29, 1.82) is 0 Å². The zero-order chi connectivity index (χ0) is 13.7. The third-order valence-electron chi connectivity index (χ3n) is 3.87. The highest BCUT2D eigenvalue weighted by atomic mass is 35.5. The van der Waals surface area contributed by atoms with Crippen LogP contribution < -0.4 is 11.1 Å². The van der Waals surface area contributed by atoms with Crippen LogP contribution in [0.2, 0.25) is 0 Å². The summed E-state index contributed by atoms with van der Waals surface area (Å²) in [6, 6.07) is 6.55. The molecule has 20 heavy (non-hydrogen) atoms. The predicted molar refractivity (Wildman–Crippen MR) is 80.3 cm³/mol. The van der Waals surface area contributed by atoms with Gasteiger partial charge >= 0.3 is 0 Å². The Balaban J connectivity index is 0.00000200. The van der Waals surface area contributed by atoms with Crippen LogP contribution in [-0.4, -0.2) is 18.5 Å². The van der Waals surface area contributed by atoms with Gasteiger partial charge < -0.3 is 11.1 Å². The van der Waals surface area contributed by atoms with Crippen molar-refractivity contribution >= 4 is 18.3 Å². The zero-order valence-corrected chi connectivity index (χ0v) is 12.3. The van der Waals surface area contributed by atoms with E-state index in [0.29, 0.717) is 18.0 Å². The van der Waals surface area contributed by atoms with Gasteiger partial charge in [-0.05, 0) is 36.9 Å². The van der Waals surface area contributed by atoms with E-state index in [1.807, 2.05) is 0 Å². The smallest absolute Gasteiger partial charge is 0.224 e. The van der Waals surface area contributed by atoms with Crippen molar-refractivity contribution in [1.82, 2.24) is 5.32 Å². The van der Waals surface area contributed by atoms with Crippen molar-refractivity contribution < 1.29 is 9.18 Å². The van der Waals surface area contributed by atoms with E-state index in [1.165, 1.54) is 12.5 Å². The maximum atomic E-state index is 13.5. The molecule has 0 bridgehead atoms. The van der Waals surface area contributed by atoms with Crippen molar-refractivity contribution in [2.24, 2.45) is 11.7 Å². The van der Waals surface area contributed by atoms with Crippen molar-refractivity contribution in [3.05, 3.63) is 35.6 Å². The SMILES string of the molecule is Cl.NCC1CCCCC1NC(=O)Cc1ccccc1F. The molecule has 2 unspecified atom stereocenters. The fourth-order valence-corrected chi connectivity index (χ4v) is 2.75. The number of carbonyl (C=O) groups is 1. The first kappa shape index (κ1) is 16.9. The molecule has 0 radical (unpaired) electrons. The molecule has 1 aliphatic carbocycles. The van der Waals surface area contributed by atoms with Crippen LogP contribution in [0, 0.1) is 11.7 Å². The van der Waals surface area contributed by atoms with E-state index in [1.54, 1.807) is 18.2 Å². The van der Waals surface area contributed by atoms with Gasteiger partial charge in [0.2, 0.25) is 5.91 Å². The number of hydrogen-bond acceptors (Lipinski definition) is 2. The second kappa shape index (κ2) is 8.22. The van der Waals surface area contributed by atoms with E-state index in [9.17, 15) is 9.18 Å².